The van der Waals surface area contributed by atoms with E-state index >= 15 is 0 Å². The first kappa shape index (κ1) is 38.1. The maximum Gasteiger partial charge on any atom is 0.274 e. The fourth-order valence-electron chi connectivity index (χ4n) is 6.39. The third-order valence-electron chi connectivity index (χ3n) is 9.96. The molecule has 276 valence electrons. The summed E-state index contributed by atoms with van der Waals surface area (Å²) >= 11 is 0. The molecule has 3 heterocycles. The van der Waals surface area contributed by atoms with E-state index in [-0.39, 0.29) is 37.0 Å². The Morgan fingerprint density at radius 3 is 2.42 bits per heavy atom. The molecule has 15 heteroatoms. The number of benzene rings is 2. The summed E-state index contributed by atoms with van der Waals surface area (Å²) in [5, 5.41) is 15.7. The predicted octanol–water partition coefficient (Wildman–Crippen LogP) is 5.01. The first-order chi connectivity index (χ1) is 24.4. The molecule has 2 aromatic carbocycles. The standard InChI is InChI=1S/C37H39F3N4O7S/c1-22-11-14-37(4,17-25(42-48)12-13-36(2,3)52(5,49)50)30-20-43(22)35(47)31-33(51-21-23-9-7-6-8-10-23)32(45)27(19-44(30)31)34(46)41-18-26-28(39)15-24(38)16-29(26)40/h6-10,15-16,19,22,30,48H,11,14,17-18,20-21H2,1-5H3,(H,41,46)/b42-25-/t22-,30+,37+/m0/s1. The van der Waals surface area contributed by atoms with Gasteiger partial charge in [0.15, 0.2) is 21.3 Å². The van der Waals surface area contributed by atoms with Crippen molar-refractivity contribution in [3.8, 4) is 17.6 Å². The van der Waals surface area contributed by atoms with Gasteiger partial charge in [-0.3, -0.25) is 14.4 Å². The molecule has 1 aromatic heterocycles. The molecule has 1 fully saturated rings. The molecule has 11 nitrogen and oxygen atoms in total. The van der Waals surface area contributed by atoms with Gasteiger partial charge < -0.3 is 24.7 Å². The van der Waals surface area contributed by atoms with E-state index in [1.54, 1.807) is 35.2 Å². The number of hydrogen-bond acceptors (Lipinski definition) is 8. The molecule has 0 spiro atoms. The monoisotopic (exact) mass is 740 g/mol. The summed E-state index contributed by atoms with van der Waals surface area (Å²) in [5.41, 5.74) is -2.37. The first-order valence-corrected chi connectivity index (χ1v) is 18.4. The van der Waals surface area contributed by atoms with Gasteiger partial charge in [0.25, 0.3) is 11.8 Å². The summed E-state index contributed by atoms with van der Waals surface area (Å²) in [7, 11) is -3.60. The number of aromatic nitrogens is 1. The molecular weight excluding hydrogens is 701 g/mol. The molecule has 0 radical (unpaired) electrons. The number of carbonyl (C=O) groups is 2. The van der Waals surface area contributed by atoms with Crippen LogP contribution >= 0.6 is 0 Å². The number of sulfone groups is 1. The van der Waals surface area contributed by atoms with Gasteiger partial charge in [-0.05, 0) is 50.5 Å². The van der Waals surface area contributed by atoms with Crippen molar-refractivity contribution in [1.82, 2.24) is 14.8 Å². The number of hydrogen-bond donors (Lipinski definition) is 2. The van der Waals surface area contributed by atoms with E-state index < -0.39 is 84.2 Å². The molecule has 0 saturated carbocycles. The van der Waals surface area contributed by atoms with Gasteiger partial charge in [0.05, 0.1) is 6.04 Å². The second-order valence-electron chi connectivity index (χ2n) is 14.0. The molecule has 0 unspecified atom stereocenters. The first-order valence-electron chi connectivity index (χ1n) is 16.5. The summed E-state index contributed by atoms with van der Waals surface area (Å²) in [6.45, 7) is 5.87. The molecule has 2 N–H and O–H groups in total. The van der Waals surface area contributed by atoms with Crippen molar-refractivity contribution >= 4 is 27.4 Å². The Labute approximate surface area is 299 Å². The van der Waals surface area contributed by atoms with Crippen molar-refractivity contribution in [1.29, 1.82) is 0 Å². The average Bonchev–Trinajstić information content (AvgIpc) is 3.18. The van der Waals surface area contributed by atoms with Crippen LogP contribution in [0.2, 0.25) is 0 Å². The fourth-order valence-corrected chi connectivity index (χ4v) is 6.63. The van der Waals surface area contributed by atoms with Crippen LogP contribution in [0.15, 0.2) is 58.6 Å². The Balaban J connectivity index is 1.63. The minimum absolute atomic E-state index is 0.0123. The fraction of sp³-hybridized carbons (Fsp3) is 0.405. The van der Waals surface area contributed by atoms with Gasteiger partial charge in [0.1, 0.15) is 40.1 Å². The highest BCUT2D eigenvalue weighted by Crippen LogP contribution is 2.47. The van der Waals surface area contributed by atoms with E-state index in [4.69, 9.17) is 4.74 Å². The molecule has 52 heavy (non-hydrogen) atoms. The molecule has 3 aromatic rings. The molecule has 2 aliphatic heterocycles. The summed E-state index contributed by atoms with van der Waals surface area (Å²) in [6.07, 6.45) is 3.24. The van der Waals surface area contributed by atoms with Gasteiger partial charge in [0, 0.05) is 55.7 Å². The van der Waals surface area contributed by atoms with Crippen LogP contribution in [0.25, 0.3) is 0 Å². The van der Waals surface area contributed by atoms with Gasteiger partial charge in [-0.15, -0.1) is 0 Å². The van der Waals surface area contributed by atoms with Crippen LogP contribution in [-0.2, 0) is 23.0 Å². The summed E-state index contributed by atoms with van der Waals surface area (Å²) in [4.78, 5) is 43.5. The highest BCUT2D eigenvalue weighted by atomic mass is 32.2. The van der Waals surface area contributed by atoms with Gasteiger partial charge in [0.2, 0.25) is 5.43 Å². The zero-order valence-electron chi connectivity index (χ0n) is 29.3. The maximum atomic E-state index is 14.4. The van der Waals surface area contributed by atoms with E-state index in [1.165, 1.54) is 24.6 Å². The smallest absolute Gasteiger partial charge is 0.274 e. The normalized spacial score (nSPS) is 20.3. The van der Waals surface area contributed by atoms with E-state index in [9.17, 15) is 41.2 Å². The number of oxime groups is 1. The van der Waals surface area contributed by atoms with Gasteiger partial charge in [-0.25, -0.2) is 21.6 Å². The zero-order valence-corrected chi connectivity index (χ0v) is 30.1. The van der Waals surface area contributed by atoms with Crippen molar-refractivity contribution in [2.75, 3.05) is 12.8 Å². The Morgan fingerprint density at radius 1 is 1.15 bits per heavy atom. The number of pyridine rings is 1. The Kier molecular flexibility index (Phi) is 10.6. The van der Waals surface area contributed by atoms with E-state index in [2.05, 4.69) is 22.3 Å². The average molecular weight is 741 g/mol. The number of fused-ring (bicyclic) bond motifs is 4. The maximum absolute atomic E-state index is 14.4. The number of halogens is 3. The van der Waals surface area contributed by atoms with Crippen LogP contribution in [-0.4, -0.2) is 64.2 Å². The minimum Gasteiger partial charge on any atom is -0.483 e. The van der Waals surface area contributed by atoms with Crippen molar-refractivity contribution < 1.29 is 41.1 Å². The molecule has 2 amide bonds. The third-order valence-corrected chi connectivity index (χ3v) is 11.9. The number of ether oxygens (including phenoxy) is 1. The number of rotatable bonds is 9. The number of nitrogens with one attached hydrogen (secondary N) is 1. The van der Waals surface area contributed by atoms with Crippen molar-refractivity contribution in [2.45, 2.75) is 76.9 Å². The Bertz CT molecular complexity index is 2150. The molecule has 2 aliphatic rings. The molecule has 1 saturated heterocycles. The lowest BCUT2D eigenvalue weighted by molar-refractivity contribution is 0.0542. The van der Waals surface area contributed by atoms with E-state index in [1.807, 2.05) is 13.8 Å². The Hall–Kier alpha value is -5.10. The number of amides is 2. The van der Waals surface area contributed by atoms with Crippen LogP contribution in [0.1, 0.15) is 85.0 Å². The number of carbonyl (C=O) groups excluding carboxylic acids is 2. The third kappa shape index (κ3) is 7.57. The number of nitrogens with zero attached hydrogens (tertiary/aromatic N) is 3. The van der Waals surface area contributed by atoms with E-state index in [0.717, 1.165) is 6.26 Å². The lowest BCUT2D eigenvalue weighted by Gasteiger charge is -2.43. The topological polar surface area (TPSA) is 147 Å². The highest BCUT2D eigenvalue weighted by Gasteiger charge is 2.48. The largest absolute Gasteiger partial charge is 0.483 e. The molecular formula is C37H39F3N4O7S. The second kappa shape index (κ2) is 14.5. The molecule has 5 rings (SSSR count). The summed E-state index contributed by atoms with van der Waals surface area (Å²) < 4.78 is 73.0. The highest BCUT2D eigenvalue weighted by molar-refractivity contribution is 7.92. The van der Waals surface area contributed by atoms with Crippen molar-refractivity contribution in [2.24, 2.45) is 10.6 Å². The molecule has 3 atom stereocenters. The zero-order chi connectivity index (χ0) is 38.2. The van der Waals surface area contributed by atoms with Crippen LogP contribution < -0.4 is 15.5 Å². The second-order valence-corrected chi connectivity index (χ2v) is 16.6. The summed E-state index contributed by atoms with van der Waals surface area (Å²) in [5.74, 6) is -0.148. The lowest BCUT2D eigenvalue weighted by atomic mass is 9.73. The van der Waals surface area contributed by atoms with E-state index in [0.29, 0.717) is 30.5 Å². The Morgan fingerprint density at radius 2 is 1.81 bits per heavy atom. The molecule has 2 bridgehead atoms. The summed E-state index contributed by atoms with van der Waals surface area (Å²) in [6, 6.07) is 8.79. The predicted molar refractivity (Wildman–Crippen MR) is 186 cm³/mol. The lowest BCUT2D eigenvalue weighted by Crippen LogP contribution is -2.50. The van der Waals surface area contributed by atoms with Gasteiger partial charge >= 0.3 is 0 Å². The van der Waals surface area contributed by atoms with Crippen molar-refractivity contribution in [3.05, 3.63) is 98.7 Å². The van der Waals surface area contributed by atoms with Crippen molar-refractivity contribution in [3.63, 3.8) is 0 Å². The quantitative estimate of drug-likeness (QED) is 0.136. The van der Waals surface area contributed by atoms with Gasteiger partial charge in [-0.1, -0.05) is 48.3 Å². The van der Waals surface area contributed by atoms with Crippen LogP contribution in [0.5, 0.6) is 5.75 Å². The van der Waals surface area contributed by atoms with Crippen LogP contribution in [0.3, 0.4) is 0 Å². The minimum atomic E-state index is -3.60. The van der Waals surface area contributed by atoms with Gasteiger partial charge in [-0.2, -0.15) is 0 Å². The SMILES string of the molecule is C[C@H]1CC[C@](C)(C/C(C#CC(C)(C)S(C)(=O)=O)=N\O)[C@H]2CN1C(=O)c1c(OCc3ccccc3)c(=O)c(C(=O)NCc3c(F)cc(F)cc3F)cn12. The van der Waals surface area contributed by atoms with Crippen LogP contribution in [0.4, 0.5) is 13.2 Å². The molecule has 0 aliphatic carbocycles. The van der Waals surface area contributed by atoms with Crippen LogP contribution in [0, 0.1) is 34.7 Å².